The van der Waals surface area contributed by atoms with Gasteiger partial charge in [0, 0.05) is 4.47 Å². The summed E-state index contributed by atoms with van der Waals surface area (Å²) in [4.78, 5) is 23.9. The molecule has 0 aliphatic carbocycles. The number of carbonyl (C=O) groups is 2. The Bertz CT molecular complexity index is 491. The number of benzene rings is 1. The second kappa shape index (κ2) is 9.58. The first-order valence-electron chi connectivity index (χ1n) is 7.45. The number of nitrogens with two attached hydrogens (primary N) is 1. The van der Waals surface area contributed by atoms with Crippen LogP contribution in [-0.4, -0.2) is 24.5 Å². The van der Waals surface area contributed by atoms with E-state index in [0.717, 1.165) is 16.5 Å². The molecule has 1 aromatic carbocycles. The van der Waals surface area contributed by atoms with Crippen molar-refractivity contribution >= 4 is 27.8 Å². The predicted molar refractivity (Wildman–Crippen MR) is 89.2 cm³/mol. The lowest BCUT2D eigenvalue weighted by Gasteiger charge is -2.21. The van der Waals surface area contributed by atoms with Gasteiger partial charge in [-0.25, -0.2) is 0 Å². The van der Waals surface area contributed by atoms with Gasteiger partial charge in [0.05, 0.1) is 25.1 Å². The van der Waals surface area contributed by atoms with Crippen molar-refractivity contribution in [2.45, 2.75) is 45.2 Å². The Morgan fingerprint density at radius 3 is 2.45 bits per heavy atom. The van der Waals surface area contributed by atoms with Gasteiger partial charge < -0.3 is 15.8 Å². The van der Waals surface area contributed by atoms with Crippen LogP contribution in [0, 0.1) is 0 Å². The number of hydrogen-bond acceptors (Lipinski definition) is 4. The lowest BCUT2D eigenvalue weighted by atomic mass is 10.0. The molecule has 1 amide bonds. The molecule has 0 spiro atoms. The molecular weight excluding hydrogens is 348 g/mol. The lowest BCUT2D eigenvalue weighted by Crippen LogP contribution is -2.42. The SMILES string of the molecule is CCCC(N)C(=O)NC(CC(=O)OCC)c1ccc(Br)cc1. The third-order valence-electron chi connectivity index (χ3n) is 3.20. The summed E-state index contributed by atoms with van der Waals surface area (Å²) in [6.45, 7) is 4.04. The van der Waals surface area contributed by atoms with E-state index in [1.54, 1.807) is 6.92 Å². The summed E-state index contributed by atoms with van der Waals surface area (Å²) in [5, 5.41) is 2.85. The van der Waals surface area contributed by atoms with Gasteiger partial charge in [-0.3, -0.25) is 9.59 Å². The Balaban J connectivity index is 2.84. The van der Waals surface area contributed by atoms with Crippen molar-refractivity contribution in [3.63, 3.8) is 0 Å². The first-order valence-corrected chi connectivity index (χ1v) is 8.24. The van der Waals surface area contributed by atoms with E-state index in [-0.39, 0.29) is 18.3 Å². The largest absolute Gasteiger partial charge is 0.466 e. The molecular formula is C16H23BrN2O3. The molecule has 0 saturated carbocycles. The van der Waals surface area contributed by atoms with Gasteiger partial charge in [0.15, 0.2) is 0 Å². The van der Waals surface area contributed by atoms with E-state index in [0.29, 0.717) is 13.0 Å². The van der Waals surface area contributed by atoms with Crippen LogP contribution in [0.5, 0.6) is 0 Å². The molecule has 6 heteroatoms. The van der Waals surface area contributed by atoms with Crippen molar-refractivity contribution in [2.24, 2.45) is 5.73 Å². The molecule has 2 atom stereocenters. The summed E-state index contributed by atoms with van der Waals surface area (Å²) in [6, 6.07) is 6.45. The molecule has 0 aliphatic rings. The van der Waals surface area contributed by atoms with Crippen molar-refractivity contribution in [3.8, 4) is 0 Å². The van der Waals surface area contributed by atoms with E-state index in [1.807, 2.05) is 31.2 Å². The Morgan fingerprint density at radius 1 is 1.27 bits per heavy atom. The molecule has 0 fully saturated rings. The Labute approximate surface area is 139 Å². The van der Waals surface area contributed by atoms with E-state index in [1.165, 1.54) is 0 Å². The number of halogens is 1. The maximum absolute atomic E-state index is 12.1. The predicted octanol–water partition coefficient (Wildman–Crippen LogP) is 2.69. The molecule has 3 N–H and O–H groups in total. The van der Waals surface area contributed by atoms with Gasteiger partial charge in [-0.1, -0.05) is 41.4 Å². The highest BCUT2D eigenvalue weighted by Crippen LogP contribution is 2.20. The van der Waals surface area contributed by atoms with Crippen LogP contribution in [0.1, 0.15) is 44.7 Å². The molecule has 1 rings (SSSR count). The maximum atomic E-state index is 12.1. The molecule has 5 nitrogen and oxygen atoms in total. The van der Waals surface area contributed by atoms with E-state index in [2.05, 4.69) is 21.2 Å². The number of hydrogen-bond donors (Lipinski definition) is 2. The fraction of sp³-hybridized carbons (Fsp3) is 0.500. The van der Waals surface area contributed by atoms with Gasteiger partial charge in [0.2, 0.25) is 5.91 Å². The molecule has 0 aliphatic heterocycles. The van der Waals surface area contributed by atoms with E-state index in [4.69, 9.17) is 10.5 Å². The molecule has 0 bridgehead atoms. The van der Waals surface area contributed by atoms with Crippen molar-refractivity contribution < 1.29 is 14.3 Å². The van der Waals surface area contributed by atoms with E-state index in [9.17, 15) is 9.59 Å². The van der Waals surface area contributed by atoms with Crippen LogP contribution in [0.3, 0.4) is 0 Å². The zero-order chi connectivity index (χ0) is 16.5. The minimum atomic E-state index is -0.565. The second-order valence-electron chi connectivity index (χ2n) is 5.02. The lowest BCUT2D eigenvalue weighted by molar-refractivity contribution is -0.143. The minimum Gasteiger partial charge on any atom is -0.466 e. The highest BCUT2D eigenvalue weighted by Gasteiger charge is 2.22. The van der Waals surface area contributed by atoms with E-state index >= 15 is 0 Å². The van der Waals surface area contributed by atoms with Gasteiger partial charge in [0.25, 0.3) is 0 Å². The van der Waals surface area contributed by atoms with Gasteiger partial charge >= 0.3 is 5.97 Å². The standard InChI is InChI=1S/C16H23BrN2O3/c1-3-5-13(18)16(21)19-14(10-15(20)22-4-2)11-6-8-12(17)9-7-11/h6-9,13-14H,3-5,10,18H2,1-2H3,(H,19,21). The number of amides is 1. The fourth-order valence-electron chi connectivity index (χ4n) is 2.05. The Hall–Kier alpha value is -1.40. The van der Waals surface area contributed by atoms with Gasteiger partial charge in [0.1, 0.15) is 0 Å². The third kappa shape index (κ3) is 6.15. The highest BCUT2D eigenvalue weighted by molar-refractivity contribution is 9.10. The average Bonchev–Trinajstić information content (AvgIpc) is 2.47. The van der Waals surface area contributed by atoms with E-state index < -0.39 is 12.1 Å². The van der Waals surface area contributed by atoms with Crippen molar-refractivity contribution in [1.29, 1.82) is 0 Å². The average molecular weight is 371 g/mol. The van der Waals surface area contributed by atoms with Crippen LogP contribution in [0.2, 0.25) is 0 Å². The number of ether oxygens (including phenoxy) is 1. The number of nitrogens with one attached hydrogen (secondary N) is 1. The van der Waals surface area contributed by atoms with Crippen molar-refractivity contribution in [2.75, 3.05) is 6.61 Å². The summed E-state index contributed by atoms with van der Waals surface area (Å²) >= 11 is 3.37. The van der Waals surface area contributed by atoms with Gasteiger partial charge in [-0.2, -0.15) is 0 Å². The van der Waals surface area contributed by atoms with Crippen LogP contribution in [0.25, 0.3) is 0 Å². The normalized spacial score (nSPS) is 13.3. The van der Waals surface area contributed by atoms with Gasteiger partial charge in [-0.05, 0) is 31.0 Å². The Kier molecular flexibility index (Phi) is 8.12. The van der Waals surface area contributed by atoms with Crippen LogP contribution in [0.4, 0.5) is 0 Å². The van der Waals surface area contributed by atoms with Crippen molar-refractivity contribution in [1.82, 2.24) is 5.32 Å². The molecule has 22 heavy (non-hydrogen) atoms. The third-order valence-corrected chi connectivity index (χ3v) is 3.73. The highest BCUT2D eigenvalue weighted by atomic mass is 79.9. The summed E-state index contributed by atoms with van der Waals surface area (Å²) < 4.78 is 5.91. The summed E-state index contributed by atoms with van der Waals surface area (Å²) in [6.07, 6.45) is 1.52. The molecule has 122 valence electrons. The maximum Gasteiger partial charge on any atom is 0.308 e. The zero-order valence-electron chi connectivity index (χ0n) is 13.0. The monoisotopic (exact) mass is 370 g/mol. The molecule has 1 aromatic rings. The first kappa shape index (κ1) is 18.6. The van der Waals surface area contributed by atoms with Crippen molar-refractivity contribution in [3.05, 3.63) is 34.3 Å². The van der Waals surface area contributed by atoms with Crippen LogP contribution >= 0.6 is 15.9 Å². The summed E-state index contributed by atoms with van der Waals surface area (Å²) in [5.74, 6) is -0.598. The summed E-state index contributed by atoms with van der Waals surface area (Å²) in [7, 11) is 0. The second-order valence-corrected chi connectivity index (χ2v) is 5.93. The molecule has 0 aromatic heterocycles. The first-order chi connectivity index (χ1) is 10.5. The zero-order valence-corrected chi connectivity index (χ0v) is 14.6. The minimum absolute atomic E-state index is 0.0834. The summed E-state index contributed by atoms with van der Waals surface area (Å²) in [5.41, 5.74) is 6.67. The number of rotatable bonds is 8. The molecule has 2 unspecified atom stereocenters. The van der Waals surface area contributed by atoms with Crippen LogP contribution < -0.4 is 11.1 Å². The van der Waals surface area contributed by atoms with Crippen LogP contribution in [-0.2, 0) is 14.3 Å². The topological polar surface area (TPSA) is 81.4 Å². The quantitative estimate of drug-likeness (QED) is 0.689. The fourth-order valence-corrected chi connectivity index (χ4v) is 2.32. The van der Waals surface area contributed by atoms with Gasteiger partial charge in [-0.15, -0.1) is 0 Å². The number of carbonyl (C=O) groups excluding carboxylic acids is 2. The molecule has 0 radical (unpaired) electrons. The smallest absolute Gasteiger partial charge is 0.308 e. The Morgan fingerprint density at radius 2 is 1.91 bits per heavy atom. The molecule has 0 saturated heterocycles. The number of esters is 1. The van der Waals surface area contributed by atoms with Crippen LogP contribution in [0.15, 0.2) is 28.7 Å². The molecule has 0 heterocycles.